The average Bonchev–Trinajstić information content (AvgIpc) is 2.70. The zero-order valence-corrected chi connectivity index (χ0v) is 15.9. The number of carboxylic acid groups (broad SMARTS) is 1. The quantitative estimate of drug-likeness (QED) is 0.503. The van der Waals surface area contributed by atoms with Crippen molar-refractivity contribution in [2.75, 3.05) is 5.32 Å². The minimum Gasteiger partial charge on any atom is -0.481 e. The molecule has 1 unspecified atom stereocenters. The summed E-state index contributed by atoms with van der Waals surface area (Å²) in [4.78, 5) is 11.2. The Labute approximate surface area is 171 Å². The molecule has 0 aliphatic heterocycles. The second kappa shape index (κ2) is 9.56. The third-order valence-corrected chi connectivity index (χ3v) is 4.02. The van der Waals surface area contributed by atoms with Gasteiger partial charge in [0.25, 0.3) is 0 Å². The zero-order valence-electron chi connectivity index (χ0n) is 15.1. The number of benzene rings is 2. The molecular formula is C20H17FN4O3S. The van der Waals surface area contributed by atoms with E-state index in [1.165, 1.54) is 24.3 Å². The number of thiocarbonyl (C=S) groups is 1. The molecule has 0 fully saturated rings. The molecule has 0 bridgehead atoms. The molecule has 0 spiro atoms. The van der Waals surface area contributed by atoms with Crippen molar-refractivity contribution in [1.82, 2.24) is 15.5 Å². The largest absolute Gasteiger partial charge is 0.481 e. The van der Waals surface area contributed by atoms with Crippen LogP contribution in [0, 0.1) is 5.82 Å². The van der Waals surface area contributed by atoms with E-state index in [-0.39, 0.29) is 11.5 Å². The number of nitrogens with zero attached hydrogens (tertiary/aromatic N) is 2. The Balaban J connectivity index is 1.62. The van der Waals surface area contributed by atoms with Gasteiger partial charge in [-0.25, -0.2) is 4.39 Å². The van der Waals surface area contributed by atoms with Gasteiger partial charge in [-0.05, 0) is 48.1 Å². The minimum absolute atomic E-state index is 0.159. The first-order valence-electron chi connectivity index (χ1n) is 8.61. The average molecular weight is 412 g/mol. The molecule has 1 aromatic heterocycles. The van der Waals surface area contributed by atoms with Crippen LogP contribution in [0.2, 0.25) is 0 Å². The molecule has 3 aromatic rings. The highest BCUT2D eigenvalue weighted by molar-refractivity contribution is 7.80. The molecule has 9 heteroatoms. The van der Waals surface area contributed by atoms with Crippen molar-refractivity contribution in [2.24, 2.45) is 0 Å². The van der Waals surface area contributed by atoms with Crippen LogP contribution in [-0.2, 0) is 4.79 Å². The summed E-state index contributed by atoms with van der Waals surface area (Å²) in [5.41, 5.74) is 0.593. The van der Waals surface area contributed by atoms with Gasteiger partial charge in [0.2, 0.25) is 5.88 Å². The first-order valence-corrected chi connectivity index (χ1v) is 9.02. The lowest BCUT2D eigenvalue weighted by Gasteiger charge is -2.19. The van der Waals surface area contributed by atoms with Crippen molar-refractivity contribution < 1.29 is 19.0 Å². The summed E-state index contributed by atoms with van der Waals surface area (Å²) in [7, 11) is 0. The number of aromatic nitrogens is 2. The summed E-state index contributed by atoms with van der Waals surface area (Å²) < 4.78 is 18.7. The number of carbonyl (C=O) groups is 1. The highest BCUT2D eigenvalue weighted by Crippen LogP contribution is 2.20. The molecule has 2 aromatic carbocycles. The molecule has 0 saturated heterocycles. The monoisotopic (exact) mass is 412 g/mol. The predicted molar refractivity (Wildman–Crippen MR) is 109 cm³/mol. The molecule has 0 aliphatic carbocycles. The lowest BCUT2D eigenvalue weighted by Crippen LogP contribution is -2.33. The van der Waals surface area contributed by atoms with Gasteiger partial charge >= 0.3 is 5.97 Å². The van der Waals surface area contributed by atoms with Gasteiger partial charge in [-0.2, -0.15) is 0 Å². The number of rotatable bonds is 7. The fourth-order valence-electron chi connectivity index (χ4n) is 2.48. The highest BCUT2D eigenvalue weighted by Gasteiger charge is 2.17. The van der Waals surface area contributed by atoms with Crippen LogP contribution >= 0.6 is 12.2 Å². The molecular weight excluding hydrogens is 395 g/mol. The maximum absolute atomic E-state index is 13.1. The first kappa shape index (κ1) is 20.2. The molecule has 3 rings (SSSR count). The Morgan fingerprint density at radius 1 is 1.07 bits per heavy atom. The number of anilines is 1. The van der Waals surface area contributed by atoms with Crippen molar-refractivity contribution >= 4 is 29.1 Å². The van der Waals surface area contributed by atoms with Crippen molar-refractivity contribution in [3.63, 3.8) is 0 Å². The topological polar surface area (TPSA) is 96.4 Å². The van der Waals surface area contributed by atoms with Crippen LogP contribution in [0.15, 0.2) is 66.7 Å². The number of para-hydroxylation sites is 1. The number of aliphatic carboxylic acids is 1. The van der Waals surface area contributed by atoms with E-state index < -0.39 is 17.8 Å². The van der Waals surface area contributed by atoms with E-state index in [1.54, 1.807) is 24.3 Å². The standard InChI is InChI=1S/C20H17FN4O3S/c21-14-8-6-13(7-9-14)16(12-19(26)27)22-20(29)23-17-10-11-18(25-24-17)28-15-4-2-1-3-5-15/h1-11,16H,12H2,(H,26,27)(H2,22,23,24,29). The molecule has 1 heterocycles. The van der Waals surface area contributed by atoms with E-state index in [2.05, 4.69) is 20.8 Å². The smallest absolute Gasteiger partial charge is 0.305 e. The van der Waals surface area contributed by atoms with E-state index in [0.29, 0.717) is 23.0 Å². The second-order valence-corrected chi connectivity index (χ2v) is 6.38. The van der Waals surface area contributed by atoms with Gasteiger partial charge in [0.1, 0.15) is 11.6 Å². The van der Waals surface area contributed by atoms with Crippen LogP contribution in [0.1, 0.15) is 18.0 Å². The summed E-state index contributed by atoms with van der Waals surface area (Å²) >= 11 is 5.24. The van der Waals surface area contributed by atoms with Crippen LogP contribution in [0.4, 0.5) is 10.2 Å². The lowest BCUT2D eigenvalue weighted by molar-refractivity contribution is -0.137. The van der Waals surface area contributed by atoms with Crippen molar-refractivity contribution in [3.8, 4) is 11.6 Å². The fraction of sp³-hybridized carbons (Fsp3) is 0.100. The number of nitrogens with one attached hydrogen (secondary N) is 2. The van der Waals surface area contributed by atoms with Crippen LogP contribution < -0.4 is 15.4 Å². The molecule has 7 nitrogen and oxygen atoms in total. The van der Waals surface area contributed by atoms with E-state index >= 15 is 0 Å². The molecule has 0 amide bonds. The summed E-state index contributed by atoms with van der Waals surface area (Å²) in [6, 6.07) is 17.3. The van der Waals surface area contributed by atoms with Crippen LogP contribution in [-0.4, -0.2) is 26.4 Å². The van der Waals surface area contributed by atoms with Crippen LogP contribution in [0.3, 0.4) is 0 Å². The van der Waals surface area contributed by atoms with Gasteiger partial charge in [-0.3, -0.25) is 4.79 Å². The zero-order chi connectivity index (χ0) is 20.6. The molecule has 148 valence electrons. The number of carboxylic acids is 1. The van der Waals surface area contributed by atoms with Crippen molar-refractivity contribution in [1.29, 1.82) is 0 Å². The summed E-state index contributed by atoms with van der Waals surface area (Å²) in [6.07, 6.45) is -0.233. The lowest BCUT2D eigenvalue weighted by atomic mass is 10.0. The Bertz CT molecular complexity index is 969. The maximum atomic E-state index is 13.1. The normalized spacial score (nSPS) is 11.3. The molecule has 29 heavy (non-hydrogen) atoms. The third kappa shape index (κ3) is 6.22. The van der Waals surface area contributed by atoms with E-state index in [0.717, 1.165) is 0 Å². The number of halogens is 1. The van der Waals surface area contributed by atoms with Gasteiger partial charge in [0, 0.05) is 6.07 Å². The van der Waals surface area contributed by atoms with E-state index in [9.17, 15) is 9.18 Å². The Kier molecular flexibility index (Phi) is 6.64. The maximum Gasteiger partial charge on any atom is 0.305 e. The van der Waals surface area contributed by atoms with Gasteiger partial charge < -0.3 is 20.5 Å². The Hall–Kier alpha value is -3.59. The van der Waals surface area contributed by atoms with Crippen LogP contribution in [0.25, 0.3) is 0 Å². The van der Waals surface area contributed by atoms with Gasteiger partial charge in [0.05, 0.1) is 12.5 Å². The second-order valence-electron chi connectivity index (χ2n) is 5.97. The number of ether oxygens (including phenoxy) is 1. The predicted octanol–water partition coefficient (Wildman–Crippen LogP) is 3.91. The van der Waals surface area contributed by atoms with Gasteiger partial charge in [0.15, 0.2) is 10.9 Å². The molecule has 0 saturated carbocycles. The van der Waals surface area contributed by atoms with Crippen molar-refractivity contribution in [3.05, 3.63) is 78.1 Å². The minimum atomic E-state index is -1.02. The molecule has 1 atom stereocenters. The SMILES string of the molecule is O=C(O)CC(NC(=S)Nc1ccc(Oc2ccccc2)nn1)c1ccc(F)cc1. The first-order chi connectivity index (χ1) is 14.0. The molecule has 0 aliphatic rings. The van der Waals surface area contributed by atoms with Gasteiger partial charge in [-0.1, -0.05) is 30.3 Å². The number of hydrogen-bond donors (Lipinski definition) is 3. The Morgan fingerprint density at radius 3 is 2.41 bits per heavy atom. The van der Waals surface area contributed by atoms with Crippen LogP contribution in [0.5, 0.6) is 11.6 Å². The summed E-state index contributed by atoms with van der Waals surface area (Å²) in [5, 5.41) is 23.0. The Morgan fingerprint density at radius 2 is 1.79 bits per heavy atom. The summed E-state index contributed by atoms with van der Waals surface area (Å²) in [6.45, 7) is 0. The molecule has 0 radical (unpaired) electrons. The summed E-state index contributed by atoms with van der Waals surface area (Å²) in [5.74, 6) is -0.115. The van der Waals surface area contributed by atoms with Crippen molar-refractivity contribution in [2.45, 2.75) is 12.5 Å². The highest BCUT2D eigenvalue weighted by atomic mass is 32.1. The fourth-order valence-corrected chi connectivity index (χ4v) is 2.73. The molecule has 3 N–H and O–H groups in total. The van der Waals surface area contributed by atoms with E-state index in [4.69, 9.17) is 22.1 Å². The third-order valence-electron chi connectivity index (χ3n) is 3.80. The van der Waals surface area contributed by atoms with Gasteiger partial charge in [-0.15, -0.1) is 10.2 Å². The van der Waals surface area contributed by atoms with E-state index in [1.807, 2.05) is 18.2 Å². The number of hydrogen-bond acceptors (Lipinski definition) is 5.